The first-order valence-electron chi connectivity index (χ1n) is 9.35. The molecule has 0 spiro atoms. The minimum atomic E-state index is -3.53. The number of hydrogen-bond donors (Lipinski definition) is 1. The summed E-state index contributed by atoms with van der Waals surface area (Å²) in [6.45, 7) is 7.59. The maximum absolute atomic E-state index is 12.8. The Morgan fingerprint density at radius 1 is 1.11 bits per heavy atom. The zero-order valence-corrected chi connectivity index (χ0v) is 17.3. The van der Waals surface area contributed by atoms with Crippen LogP contribution in [0.1, 0.15) is 35.2 Å². The van der Waals surface area contributed by atoms with E-state index in [0.29, 0.717) is 23.0 Å². The van der Waals surface area contributed by atoms with Crippen LogP contribution in [0.25, 0.3) is 0 Å². The van der Waals surface area contributed by atoms with Crippen molar-refractivity contribution < 1.29 is 8.42 Å². The van der Waals surface area contributed by atoms with E-state index < -0.39 is 10.0 Å². The van der Waals surface area contributed by atoms with Crippen molar-refractivity contribution in [3.8, 4) is 6.07 Å². The van der Waals surface area contributed by atoms with E-state index in [1.165, 1.54) is 6.20 Å². The van der Waals surface area contributed by atoms with Crippen LogP contribution in [-0.2, 0) is 10.0 Å². The molecule has 0 saturated carbocycles. The molecule has 148 valence electrons. The third kappa shape index (κ3) is 4.32. The normalized spacial score (nSPS) is 15.4. The van der Waals surface area contributed by atoms with Crippen molar-refractivity contribution in [2.75, 3.05) is 24.5 Å². The van der Waals surface area contributed by atoms with Gasteiger partial charge in [0, 0.05) is 32.0 Å². The van der Waals surface area contributed by atoms with Gasteiger partial charge in [-0.15, -0.1) is 0 Å². The number of hydrogen-bond acceptors (Lipinski definition) is 6. The fourth-order valence-corrected chi connectivity index (χ4v) is 4.94. The van der Waals surface area contributed by atoms with Crippen molar-refractivity contribution in [2.24, 2.45) is 5.92 Å². The first-order valence-corrected chi connectivity index (χ1v) is 10.8. The molecule has 2 aromatic rings. The predicted octanol–water partition coefficient (Wildman–Crippen LogP) is 2.47. The SMILES string of the molecule is Cc1cc(C)c(S(=O)(=O)NCC2CCN(c3nccnc3C#N)CC2)cc1C. The zero-order valence-electron chi connectivity index (χ0n) is 16.4. The van der Waals surface area contributed by atoms with E-state index >= 15 is 0 Å². The summed E-state index contributed by atoms with van der Waals surface area (Å²) in [6.07, 6.45) is 4.76. The number of sulfonamides is 1. The average Bonchev–Trinajstić information content (AvgIpc) is 2.69. The quantitative estimate of drug-likeness (QED) is 0.829. The fourth-order valence-electron chi connectivity index (χ4n) is 3.52. The van der Waals surface area contributed by atoms with Crippen LogP contribution < -0.4 is 9.62 Å². The number of anilines is 1. The molecule has 3 rings (SSSR count). The number of aromatic nitrogens is 2. The Hall–Kier alpha value is -2.50. The van der Waals surface area contributed by atoms with Crippen LogP contribution in [0.4, 0.5) is 5.82 Å². The summed E-state index contributed by atoms with van der Waals surface area (Å²) in [7, 11) is -3.53. The number of nitriles is 1. The molecule has 1 aromatic carbocycles. The Morgan fingerprint density at radius 2 is 1.75 bits per heavy atom. The van der Waals surface area contributed by atoms with E-state index in [2.05, 4.69) is 20.8 Å². The molecule has 1 fully saturated rings. The number of nitrogens with zero attached hydrogens (tertiary/aromatic N) is 4. The van der Waals surface area contributed by atoms with Gasteiger partial charge >= 0.3 is 0 Å². The maximum atomic E-state index is 12.8. The van der Waals surface area contributed by atoms with Gasteiger partial charge in [-0.2, -0.15) is 5.26 Å². The van der Waals surface area contributed by atoms with Gasteiger partial charge in [0.15, 0.2) is 11.5 Å². The molecule has 0 atom stereocenters. The molecule has 1 aliphatic heterocycles. The highest BCUT2D eigenvalue weighted by Gasteiger charge is 2.25. The van der Waals surface area contributed by atoms with Crippen LogP contribution in [0.2, 0.25) is 0 Å². The summed E-state index contributed by atoms with van der Waals surface area (Å²) in [5.74, 6) is 0.856. The average molecular weight is 400 g/mol. The maximum Gasteiger partial charge on any atom is 0.240 e. The highest BCUT2D eigenvalue weighted by atomic mass is 32.2. The molecule has 1 aliphatic rings. The first kappa shape index (κ1) is 20.2. The number of nitrogens with one attached hydrogen (secondary N) is 1. The second-order valence-electron chi connectivity index (χ2n) is 7.32. The van der Waals surface area contributed by atoms with Gasteiger partial charge in [-0.05, 0) is 62.3 Å². The van der Waals surface area contributed by atoms with Crippen LogP contribution in [0.3, 0.4) is 0 Å². The van der Waals surface area contributed by atoms with Crippen LogP contribution in [0.5, 0.6) is 0 Å². The van der Waals surface area contributed by atoms with E-state index in [0.717, 1.165) is 42.6 Å². The second-order valence-corrected chi connectivity index (χ2v) is 9.06. The first-order chi connectivity index (χ1) is 13.3. The molecule has 1 N–H and O–H groups in total. The molecular weight excluding hydrogens is 374 g/mol. The smallest absolute Gasteiger partial charge is 0.240 e. The van der Waals surface area contributed by atoms with Crippen LogP contribution in [0.15, 0.2) is 29.4 Å². The van der Waals surface area contributed by atoms with Gasteiger partial charge in [0.1, 0.15) is 6.07 Å². The minimum Gasteiger partial charge on any atom is -0.354 e. The molecule has 0 radical (unpaired) electrons. The van der Waals surface area contributed by atoms with E-state index in [9.17, 15) is 13.7 Å². The van der Waals surface area contributed by atoms with Crippen molar-refractivity contribution in [3.63, 3.8) is 0 Å². The number of rotatable bonds is 5. The summed E-state index contributed by atoms with van der Waals surface area (Å²) >= 11 is 0. The van der Waals surface area contributed by atoms with Gasteiger partial charge < -0.3 is 4.90 Å². The Kier molecular flexibility index (Phi) is 5.96. The van der Waals surface area contributed by atoms with E-state index in [1.54, 1.807) is 12.3 Å². The lowest BCUT2D eigenvalue weighted by Crippen LogP contribution is -2.39. The van der Waals surface area contributed by atoms with Gasteiger partial charge in [-0.25, -0.2) is 23.1 Å². The Bertz CT molecular complexity index is 1010. The highest BCUT2D eigenvalue weighted by molar-refractivity contribution is 7.89. The van der Waals surface area contributed by atoms with Crippen molar-refractivity contribution >= 4 is 15.8 Å². The molecule has 0 bridgehead atoms. The molecular formula is C20H25N5O2S. The topological polar surface area (TPSA) is 99.0 Å². The van der Waals surface area contributed by atoms with E-state index in [1.807, 2.05) is 31.7 Å². The van der Waals surface area contributed by atoms with Gasteiger partial charge in [-0.1, -0.05) is 6.07 Å². The standard InChI is InChI=1S/C20H25N5O2S/c1-14-10-16(3)19(11-15(14)2)28(26,27)24-13-17-4-8-25(9-5-17)20-18(12-21)22-6-7-23-20/h6-7,10-11,17,24H,4-5,8-9,13H2,1-3H3. The molecule has 7 nitrogen and oxygen atoms in total. The van der Waals surface area contributed by atoms with Gasteiger partial charge in [0.2, 0.25) is 10.0 Å². The molecule has 0 amide bonds. The van der Waals surface area contributed by atoms with Crippen molar-refractivity contribution in [3.05, 3.63) is 46.9 Å². The molecule has 28 heavy (non-hydrogen) atoms. The van der Waals surface area contributed by atoms with E-state index in [-0.39, 0.29) is 5.92 Å². The van der Waals surface area contributed by atoms with E-state index in [4.69, 9.17) is 0 Å². The van der Waals surface area contributed by atoms with Crippen molar-refractivity contribution in [1.82, 2.24) is 14.7 Å². The monoisotopic (exact) mass is 399 g/mol. The summed E-state index contributed by atoms with van der Waals surface area (Å²) in [6, 6.07) is 5.73. The number of piperidine rings is 1. The minimum absolute atomic E-state index is 0.250. The molecule has 2 heterocycles. The Morgan fingerprint density at radius 3 is 2.43 bits per heavy atom. The van der Waals surface area contributed by atoms with Crippen LogP contribution in [0, 0.1) is 38.0 Å². The molecule has 8 heteroatoms. The Labute approximate surface area is 166 Å². The summed E-state index contributed by atoms with van der Waals surface area (Å²) < 4.78 is 28.3. The third-order valence-electron chi connectivity index (χ3n) is 5.34. The van der Waals surface area contributed by atoms with Gasteiger partial charge in [0.05, 0.1) is 4.90 Å². The van der Waals surface area contributed by atoms with Crippen molar-refractivity contribution in [1.29, 1.82) is 5.26 Å². The molecule has 1 aromatic heterocycles. The van der Waals surface area contributed by atoms with Crippen molar-refractivity contribution in [2.45, 2.75) is 38.5 Å². The summed E-state index contributed by atoms with van der Waals surface area (Å²) in [5.41, 5.74) is 3.14. The molecule has 0 unspecified atom stereocenters. The lowest BCUT2D eigenvalue weighted by molar-refractivity contribution is 0.400. The second kappa shape index (κ2) is 8.25. The predicted molar refractivity (Wildman–Crippen MR) is 108 cm³/mol. The summed E-state index contributed by atoms with van der Waals surface area (Å²) in [5, 5.41) is 9.19. The van der Waals surface area contributed by atoms with Gasteiger partial charge in [0.25, 0.3) is 0 Å². The van der Waals surface area contributed by atoms with Crippen LogP contribution >= 0.6 is 0 Å². The van der Waals surface area contributed by atoms with Gasteiger partial charge in [-0.3, -0.25) is 0 Å². The van der Waals surface area contributed by atoms with Crippen LogP contribution in [-0.4, -0.2) is 38.0 Å². The summed E-state index contributed by atoms with van der Waals surface area (Å²) in [4.78, 5) is 10.7. The number of aryl methyl sites for hydroxylation is 3. The number of benzene rings is 1. The third-order valence-corrected chi connectivity index (χ3v) is 6.91. The highest BCUT2D eigenvalue weighted by Crippen LogP contribution is 2.24. The lowest BCUT2D eigenvalue weighted by atomic mass is 9.97. The molecule has 0 aliphatic carbocycles. The largest absolute Gasteiger partial charge is 0.354 e. The fraction of sp³-hybridized carbons (Fsp3) is 0.450. The zero-order chi connectivity index (χ0) is 20.3. The lowest BCUT2D eigenvalue weighted by Gasteiger charge is -2.32. The molecule has 1 saturated heterocycles. The Balaban J connectivity index is 1.61.